The fraction of sp³-hybridized carbons (Fsp3) is 0.611. The summed E-state index contributed by atoms with van der Waals surface area (Å²) in [5, 5.41) is 11.9. The van der Waals surface area contributed by atoms with E-state index in [1.165, 1.54) is 0 Å². The maximum absolute atomic E-state index is 12.9. The van der Waals surface area contributed by atoms with Gasteiger partial charge in [0.1, 0.15) is 0 Å². The van der Waals surface area contributed by atoms with Crippen LogP contribution in [0.1, 0.15) is 38.6 Å². The molecule has 2 bridgehead atoms. The van der Waals surface area contributed by atoms with Crippen molar-refractivity contribution in [3.8, 4) is 11.5 Å². The van der Waals surface area contributed by atoms with Crippen LogP contribution in [0.15, 0.2) is 12.1 Å². The molecule has 0 aromatic heterocycles. The summed E-state index contributed by atoms with van der Waals surface area (Å²) in [6.45, 7) is 0.434. The molecule has 1 unspecified atom stereocenters. The summed E-state index contributed by atoms with van der Waals surface area (Å²) < 4.78 is 59.3. The highest BCUT2D eigenvalue weighted by molar-refractivity contribution is 5.90. The lowest BCUT2D eigenvalue weighted by Crippen LogP contribution is -2.76. The fourth-order valence-electron chi connectivity index (χ4n) is 5.17. The second-order valence-corrected chi connectivity index (χ2v) is 6.95. The largest absolute Gasteiger partial charge is 0.493 e. The minimum absolute atomic E-state index is 0.0207. The molecular weight excluding hydrogens is 294 g/mol. The Hall–Kier alpha value is -1.59. The van der Waals surface area contributed by atoms with Gasteiger partial charge < -0.3 is 19.5 Å². The van der Waals surface area contributed by atoms with Crippen LogP contribution in [0.4, 0.5) is 0 Å². The Morgan fingerprint density at radius 3 is 3.26 bits per heavy atom. The predicted octanol–water partition coefficient (Wildman–Crippen LogP) is 1.05. The summed E-state index contributed by atoms with van der Waals surface area (Å²) >= 11 is 0. The van der Waals surface area contributed by atoms with Gasteiger partial charge in [-0.25, -0.2) is 0 Å². The molecular formula is C18H21NO4. The molecule has 0 amide bonds. The predicted molar refractivity (Wildman–Crippen MR) is 83.0 cm³/mol. The summed E-state index contributed by atoms with van der Waals surface area (Å²) in [6, 6.07) is -2.19. The first kappa shape index (κ1) is 9.04. The average molecular weight is 321 g/mol. The zero-order valence-corrected chi connectivity index (χ0v) is 12.7. The van der Waals surface area contributed by atoms with Crippen molar-refractivity contribution >= 4 is 5.78 Å². The highest BCUT2D eigenvalue weighted by Gasteiger charge is 2.72. The van der Waals surface area contributed by atoms with E-state index >= 15 is 0 Å². The van der Waals surface area contributed by atoms with E-state index in [9.17, 15) is 11.3 Å². The topological polar surface area (TPSA) is 59.0 Å². The molecule has 0 radical (unpaired) electrons. The third-order valence-electron chi connectivity index (χ3n) is 6.18. The molecule has 5 nitrogen and oxygen atoms in total. The van der Waals surface area contributed by atoms with Crippen molar-refractivity contribution in [3.63, 3.8) is 0 Å². The molecule has 1 spiro atoms. The summed E-state index contributed by atoms with van der Waals surface area (Å²) in [6.07, 6.45) is -0.663. The first-order valence-corrected chi connectivity index (χ1v) is 7.86. The summed E-state index contributed by atoms with van der Waals surface area (Å²) in [7, 11) is -1.13. The van der Waals surface area contributed by atoms with Crippen molar-refractivity contribution < 1.29 is 27.6 Å². The van der Waals surface area contributed by atoms with Crippen molar-refractivity contribution in [3.05, 3.63) is 23.2 Å². The lowest BCUT2D eigenvalue weighted by Gasteiger charge is -2.62. The second-order valence-electron chi connectivity index (χ2n) is 6.95. The number of ether oxygens (including phenoxy) is 2. The number of aliphatic hydroxyl groups is 1. The van der Waals surface area contributed by atoms with Crippen LogP contribution in [0.2, 0.25) is 0 Å². The number of hydrogen-bond donors (Lipinski definition) is 1. The molecule has 2 aliphatic heterocycles. The maximum atomic E-state index is 12.9. The molecule has 4 atom stereocenters. The maximum Gasteiger partial charge on any atom is 0.174 e. The Kier molecular flexibility index (Phi) is 1.60. The molecule has 1 aromatic rings. The van der Waals surface area contributed by atoms with Gasteiger partial charge in [-0.2, -0.15) is 0 Å². The van der Waals surface area contributed by atoms with Crippen LogP contribution >= 0.6 is 0 Å². The summed E-state index contributed by atoms with van der Waals surface area (Å²) in [5.41, 5.74) is -2.13. The van der Waals surface area contributed by atoms with Crippen LogP contribution < -0.4 is 9.47 Å². The first-order chi connectivity index (χ1) is 13.4. The van der Waals surface area contributed by atoms with Crippen molar-refractivity contribution in [1.29, 1.82) is 0 Å². The van der Waals surface area contributed by atoms with Gasteiger partial charge in [0.15, 0.2) is 23.4 Å². The highest BCUT2D eigenvalue weighted by atomic mass is 16.5. The number of nitrogens with zero attached hydrogens (tertiary/aromatic N) is 1. The van der Waals surface area contributed by atoms with Gasteiger partial charge >= 0.3 is 0 Å². The molecule has 5 rings (SSSR count). The van der Waals surface area contributed by atoms with E-state index in [0.717, 1.165) is 0 Å². The number of piperidine rings is 1. The monoisotopic (exact) mass is 321 g/mol. The Balaban J connectivity index is 1.88. The Morgan fingerprint density at radius 1 is 1.57 bits per heavy atom. The molecule has 1 saturated heterocycles. The molecule has 2 aliphatic carbocycles. The van der Waals surface area contributed by atoms with Crippen LogP contribution in [0.3, 0.4) is 0 Å². The number of methoxy groups -OCH3 is 1. The number of rotatable bonds is 1. The molecule has 122 valence electrons. The minimum Gasteiger partial charge on any atom is -0.493 e. The van der Waals surface area contributed by atoms with E-state index in [-0.39, 0.29) is 36.8 Å². The molecule has 1 saturated carbocycles. The second kappa shape index (κ2) is 4.08. The molecule has 23 heavy (non-hydrogen) atoms. The van der Waals surface area contributed by atoms with Crippen molar-refractivity contribution in [2.75, 3.05) is 20.6 Å². The Bertz CT molecular complexity index is 967. The zero-order valence-electron chi connectivity index (χ0n) is 18.7. The SMILES string of the molecule is [2H]c1c([2H])c(OC([2H])([2H])[2H])c2c3c1C[C@@]1([2H])N(C)CC[C@@]34C(O2)C(=O)CC[C@]41O. The van der Waals surface area contributed by atoms with Crippen molar-refractivity contribution in [2.45, 2.75) is 48.8 Å². The first-order valence-electron chi connectivity index (χ1n) is 10.9. The lowest BCUT2D eigenvalue weighted by atomic mass is 9.49. The smallest absolute Gasteiger partial charge is 0.174 e. The van der Waals surface area contributed by atoms with Crippen LogP contribution in [0, 0.1) is 0 Å². The highest BCUT2D eigenvalue weighted by Crippen LogP contribution is 2.64. The van der Waals surface area contributed by atoms with Crippen molar-refractivity contribution in [1.82, 2.24) is 4.90 Å². The van der Waals surface area contributed by atoms with Gasteiger partial charge in [-0.05, 0) is 44.5 Å². The molecule has 2 fully saturated rings. The van der Waals surface area contributed by atoms with Gasteiger partial charge in [0, 0.05) is 18.0 Å². The minimum atomic E-state index is -2.87. The molecule has 1 N–H and O–H groups in total. The van der Waals surface area contributed by atoms with Gasteiger partial charge in [0.2, 0.25) is 0 Å². The lowest BCUT2D eigenvalue weighted by molar-refractivity contribution is -0.185. The zero-order chi connectivity index (χ0) is 21.1. The van der Waals surface area contributed by atoms with Crippen LogP contribution in [0.5, 0.6) is 11.5 Å². The Morgan fingerprint density at radius 2 is 2.43 bits per heavy atom. The van der Waals surface area contributed by atoms with E-state index in [2.05, 4.69) is 0 Å². The number of hydrogen-bond acceptors (Lipinski definition) is 5. The molecule has 2 heterocycles. The Labute approximate surface area is 143 Å². The van der Waals surface area contributed by atoms with E-state index in [1.807, 2.05) is 0 Å². The number of Topliss-reactive ketones (excluding diaryl/α,β-unsaturated/α-hetero) is 1. The molecule has 1 aromatic carbocycles. The normalized spacial score (nSPS) is 48.1. The quantitative estimate of drug-likeness (QED) is 0.838. The molecule has 4 aliphatic rings. The van der Waals surface area contributed by atoms with Gasteiger partial charge in [0.25, 0.3) is 0 Å². The fourth-order valence-corrected chi connectivity index (χ4v) is 5.17. The van der Waals surface area contributed by atoms with E-state index in [0.29, 0.717) is 24.1 Å². The van der Waals surface area contributed by atoms with Gasteiger partial charge in [-0.15, -0.1) is 0 Å². The summed E-state index contributed by atoms with van der Waals surface area (Å²) in [4.78, 5) is 14.6. The van der Waals surface area contributed by atoms with E-state index < -0.39 is 42.0 Å². The van der Waals surface area contributed by atoms with Crippen LogP contribution in [-0.2, 0) is 16.6 Å². The van der Waals surface area contributed by atoms with Gasteiger partial charge in [0.05, 0.1) is 26.3 Å². The third kappa shape index (κ3) is 1.32. The number of carbonyl (C=O) groups is 1. The number of benzene rings is 1. The number of ketones is 1. The number of likely N-dealkylation sites (tertiary alicyclic amines) is 1. The van der Waals surface area contributed by atoms with E-state index in [4.69, 9.17) is 16.3 Å². The van der Waals surface area contributed by atoms with Crippen LogP contribution in [-0.4, -0.2) is 54.1 Å². The van der Waals surface area contributed by atoms with E-state index in [1.54, 1.807) is 11.9 Å². The summed E-state index contributed by atoms with van der Waals surface area (Å²) in [5.74, 6) is -0.671. The average Bonchev–Trinajstić information content (AvgIpc) is 2.97. The van der Waals surface area contributed by atoms with Gasteiger partial charge in [-0.3, -0.25) is 4.79 Å². The van der Waals surface area contributed by atoms with Crippen molar-refractivity contribution in [2.24, 2.45) is 0 Å². The number of likely N-dealkylation sites (N-methyl/N-ethyl adjacent to an activating group) is 1. The molecule has 5 heteroatoms. The number of carbonyl (C=O) groups excluding carboxylic acids is 1. The third-order valence-corrected chi connectivity index (χ3v) is 6.18. The van der Waals surface area contributed by atoms with Crippen LogP contribution in [0.25, 0.3) is 0 Å². The van der Waals surface area contributed by atoms with Gasteiger partial charge in [-0.1, -0.05) is 6.04 Å². The standard InChI is InChI=1S/C18H21NO4/c1-19-8-7-17-14-10-3-4-12(22-2)15(14)23-16(17)11(20)5-6-18(17,21)13(19)9-10/h3-4,13,16,21H,5-9H2,1-2H3/t13-,16?,17+,18-/m1/s1/i2D3,3D,4D,13D.